The molecule has 1 atom stereocenters. The molecule has 0 saturated carbocycles. The Morgan fingerprint density at radius 2 is 1.96 bits per heavy atom. The van der Waals surface area contributed by atoms with Crippen molar-refractivity contribution in [2.24, 2.45) is 0 Å². The Bertz CT molecular complexity index is 907. The van der Waals surface area contributed by atoms with E-state index in [0.29, 0.717) is 21.5 Å². The summed E-state index contributed by atoms with van der Waals surface area (Å²) in [5, 5.41) is 14.7. The maximum atomic E-state index is 11.7. The van der Waals surface area contributed by atoms with E-state index in [2.05, 4.69) is 10.3 Å². The summed E-state index contributed by atoms with van der Waals surface area (Å²) in [7, 11) is 0. The van der Waals surface area contributed by atoms with Crippen molar-refractivity contribution in [2.45, 2.75) is 19.9 Å². The predicted molar refractivity (Wildman–Crippen MR) is 95.3 cm³/mol. The summed E-state index contributed by atoms with van der Waals surface area (Å²) in [6.45, 7) is 3.44. The van der Waals surface area contributed by atoms with E-state index in [9.17, 15) is 9.90 Å². The molecule has 1 amide bonds. The quantitative estimate of drug-likeness (QED) is 0.753. The summed E-state index contributed by atoms with van der Waals surface area (Å²) >= 11 is 6.36. The lowest BCUT2D eigenvalue weighted by molar-refractivity contribution is -0.119. The van der Waals surface area contributed by atoms with Gasteiger partial charge >= 0.3 is 0 Å². The zero-order chi connectivity index (χ0) is 17.3. The van der Waals surface area contributed by atoms with Crippen LogP contribution in [0.5, 0.6) is 5.75 Å². The van der Waals surface area contributed by atoms with Crippen LogP contribution in [0.2, 0.25) is 5.02 Å². The van der Waals surface area contributed by atoms with Gasteiger partial charge in [-0.2, -0.15) is 0 Å². The highest BCUT2D eigenvalue weighted by atomic mass is 35.5. The van der Waals surface area contributed by atoms with Crippen LogP contribution in [0.4, 0.5) is 0 Å². The number of aromatic hydroxyl groups is 1. The van der Waals surface area contributed by atoms with Crippen LogP contribution in [0.15, 0.2) is 48.7 Å². The summed E-state index contributed by atoms with van der Waals surface area (Å²) in [5.74, 6) is -0.174. The molecule has 24 heavy (non-hydrogen) atoms. The molecule has 0 aliphatic carbocycles. The zero-order valence-electron chi connectivity index (χ0n) is 13.4. The lowest BCUT2D eigenvalue weighted by Gasteiger charge is -2.21. The minimum absolute atomic E-state index is 0.0225. The molecule has 0 aliphatic rings. The van der Waals surface area contributed by atoms with Crippen LogP contribution in [0.3, 0.4) is 0 Å². The molecule has 0 fully saturated rings. The first-order chi connectivity index (χ1) is 11.5. The van der Waals surface area contributed by atoms with Crippen molar-refractivity contribution in [2.75, 3.05) is 0 Å². The van der Waals surface area contributed by atoms with Gasteiger partial charge in [-0.15, -0.1) is 0 Å². The van der Waals surface area contributed by atoms with Crippen molar-refractivity contribution >= 4 is 28.4 Å². The average Bonchev–Trinajstić information content (AvgIpc) is 2.57. The van der Waals surface area contributed by atoms with Gasteiger partial charge in [-0.05, 0) is 30.7 Å². The third-order valence-corrected chi connectivity index (χ3v) is 4.23. The van der Waals surface area contributed by atoms with Gasteiger partial charge in [0.2, 0.25) is 5.91 Å². The standard InChI is InChI=1S/C19H17ClN2O2/c1-11-5-7-13(8-6-11)17(22-12(2)23)15-10-16(20)14-4-3-9-21-18(14)19(15)24/h3-10,17,24H,1-2H3,(H,22,23). The van der Waals surface area contributed by atoms with Crippen LogP contribution in [0, 0.1) is 6.92 Å². The monoisotopic (exact) mass is 340 g/mol. The Hall–Kier alpha value is -2.59. The number of rotatable bonds is 3. The normalized spacial score (nSPS) is 12.1. The van der Waals surface area contributed by atoms with Gasteiger partial charge < -0.3 is 10.4 Å². The molecule has 0 bridgehead atoms. The maximum Gasteiger partial charge on any atom is 0.217 e. The fourth-order valence-electron chi connectivity index (χ4n) is 2.73. The van der Waals surface area contributed by atoms with Crippen LogP contribution >= 0.6 is 11.6 Å². The van der Waals surface area contributed by atoms with E-state index in [1.165, 1.54) is 6.92 Å². The van der Waals surface area contributed by atoms with Gasteiger partial charge in [-0.1, -0.05) is 41.4 Å². The summed E-state index contributed by atoms with van der Waals surface area (Å²) in [6.07, 6.45) is 1.60. The number of hydrogen-bond acceptors (Lipinski definition) is 3. The second-order valence-electron chi connectivity index (χ2n) is 5.74. The molecule has 0 saturated heterocycles. The highest BCUT2D eigenvalue weighted by Crippen LogP contribution is 2.38. The third-order valence-electron chi connectivity index (χ3n) is 3.91. The van der Waals surface area contributed by atoms with E-state index in [0.717, 1.165) is 11.1 Å². The molecule has 3 aromatic rings. The Kier molecular flexibility index (Phi) is 4.40. The fraction of sp³-hybridized carbons (Fsp3) is 0.158. The van der Waals surface area contributed by atoms with Crippen molar-refractivity contribution in [3.63, 3.8) is 0 Å². The third kappa shape index (κ3) is 3.05. The van der Waals surface area contributed by atoms with Gasteiger partial charge in [0, 0.05) is 24.1 Å². The minimum atomic E-state index is -0.507. The molecule has 1 heterocycles. The number of nitrogens with one attached hydrogen (secondary N) is 1. The van der Waals surface area contributed by atoms with E-state index < -0.39 is 6.04 Å². The van der Waals surface area contributed by atoms with Crippen LogP contribution in [0.1, 0.15) is 29.7 Å². The number of halogens is 1. The first-order valence-corrected chi connectivity index (χ1v) is 7.95. The van der Waals surface area contributed by atoms with E-state index in [1.807, 2.05) is 31.2 Å². The largest absolute Gasteiger partial charge is 0.505 e. The number of aryl methyl sites for hydroxylation is 1. The number of carbonyl (C=O) groups excluding carboxylic acids is 1. The first kappa shape index (κ1) is 16.3. The molecule has 122 valence electrons. The Morgan fingerprint density at radius 3 is 2.62 bits per heavy atom. The highest BCUT2D eigenvalue weighted by molar-refractivity contribution is 6.35. The predicted octanol–water partition coefficient (Wildman–Crippen LogP) is 4.13. The lowest BCUT2D eigenvalue weighted by atomic mass is 9.95. The molecule has 0 radical (unpaired) electrons. The summed E-state index contributed by atoms with van der Waals surface area (Å²) in [4.78, 5) is 15.9. The lowest BCUT2D eigenvalue weighted by Crippen LogP contribution is -2.27. The number of pyridine rings is 1. The van der Waals surface area contributed by atoms with Crippen LogP contribution < -0.4 is 5.32 Å². The highest BCUT2D eigenvalue weighted by Gasteiger charge is 2.22. The Labute approximate surface area is 145 Å². The first-order valence-electron chi connectivity index (χ1n) is 7.57. The molecule has 4 nitrogen and oxygen atoms in total. The van der Waals surface area contributed by atoms with Crippen molar-refractivity contribution in [1.82, 2.24) is 10.3 Å². The van der Waals surface area contributed by atoms with Crippen LogP contribution in [-0.2, 0) is 4.79 Å². The molecule has 2 aromatic carbocycles. The summed E-state index contributed by atoms with van der Waals surface area (Å²) < 4.78 is 0. The van der Waals surface area contributed by atoms with Gasteiger partial charge in [-0.25, -0.2) is 0 Å². The number of phenols is 1. The number of fused-ring (bicyclic) bond motifs is 1. The number of aromatic nitrogens is 1. The average molecular weight is 341 g/mol. The molecule has 3 rings (SSSR count). The number of amides is 1. The van der Waals surface area contributed by atoms with Crippen molar-refractivity contribution in [1.29, 1.82) is 0 Å². The van der Waals surface area contributed by atoms with E-state index in [4.69, 9.17) is 11.6 Å². The maximum absolute atomic E-state index is 11.7. The van der Waals surface area contributed by atoms with Crippen LogP contribution in [-0.4, -0.2) is 16.0 Å². The van der Waals surface area contributed by atoms with Gasteiger partial charge in [0.15, 0.2) is 0 Å². The smallest absolute Gasteiger partial charge is 0.217 e. The van der Waals surface area contributed by atoms with Gasteiger partial charge in [0.05, 0.1) is 11.1 Å². The summed E-state index contributed by atoms with van der Waals surface area (Å²) in [6, 6.07) is 12.5. The second-order valence-corrected chi connectivity index (χ2v) is 6.15. The molecule has 0 aliphatic heterocycles. The van der Waals surface area contributed by atoms with E-state index in [1.54, 1.807) is 24.4 Å². The summed E-state index contributed by atoms with van der Waals surface area (Å²) in [5.41, 5.74) is 2.91. The number of nitrogens with zero attached hydrogens (tertiary/aromatic N) is 1. The van der Waals surface area contributed by atoms with Gasteiger partial charge in [0.25, 0.3) is 0 Å². The number of carbonyl (C=O) groups is 1. The molecule has 0 spiro atoms. The van der Waals surface area contributed by atoms with Crippen molar-refractivity contribution < 1.29 is 9.90 Å². The molecule has 1 aromatic heterocycles. The molecule has 2 N–H and O–H groups in total. The zero-order valence-corrected chi connectivity index (χ0v) is 14.1. The van der Waals surface area contributed by atoms with Crippen molar-refractivity contribution in [3.05, 3.63) is 70.4 Å². The number of phenolic OH excluding ortho intramolecular Hbond substituents is 1. The molecular weight excluding hydrogens is 324 g/mol. The van der Waals surface area contributed by atoms with E-state index >= 15 is 0 Å². The fourth-order valence-corrected chi connectivity index (χ4v) is 3.00. The number of benzene rings is 2. The molecule has 1 unspecified atom stereocenters. The SMILES string of the molecule is CC(=O)NC(c1ccc(C)cc1)c1cc(Cl)c2cccnc2c1O. The molecule has 5 heteroatoms. The van der Waals surface area contributed by atoms with Gasteiger partial charge in [-0.3, -0.25) is 9.78 Å². The topological polar surface area (TPSA) is 62.2 Å². The minimum Gasteiger partial charge on any atom is -0.505 e. The Balaban J connectivity index is 2.21. The van der Waals surface area contributed by atoms with Crippen LogP contribution in [0.25, 0.3) is 10.9 Å². The van der Waals surface area contributed by atoms with E-state index in [-0.39, 0.29) is 11.7 Å². The van der Waals surface area contributed by atoms with Crippen molar-refractivity contribution in [3.8, 4) is 5.75 Å². The number of hydrogen-bond donors (Lipinski definition) is 2. The second kappa shape index (κ2) is 6.49. The Morgan fingerprint density at radius 1 is 1.25 bits per heavy atom. The molecular formula is C19H17ClN2O2. The van der Waals surface area contributed by atoms with Gasteiger partial charge in [0.1, 0.15) is 11.3 Å².